The third-order valence-corrected chi connectivity index (χ3v) is 5.49. The highest BCUT2D eigenvalue weighted by Gasteiger charge is 2.42. The minimum atomic E-state index is -0.882. The first-order valence-corrected chi connectivity index (χ1v) is 11.6. The van der Waals surface area contributed by atoms with E-state index in [1.54, 1.807) is 12.2 Å². The molecule has 1 saturated heterocycles. The van der Waals surface area contributed by atoms with Crippen LogP contribution in [0.2, 0.25) is 0 Å². The lowest BCUT2D eigenvalue weighted by Gasteiger charge is -2.19. The van der Waals surface area contributed by atoms with Crippen molar-refractivity contribution in [2.24, 2.45) is 0 Å². The van der Waals surface area contributed by atoms with E-state index in [1.165, 1.54) is 38.5 Å². The number of nitrogens with one attached hydrogen (secondary N) is 1. The Labute approximate surface area is 182 Å². The predicted octanol–water partition coefficient (Wildman–Crippen LogP) is 5.15. The summed E-state index contributed by atoms with van der Waals surface area (Å²) in [5.41, 5.74) is -0.512. The summed E-state index contributed by atoms with van der Waals surface area (Å²) >= 11 is 0. The van der Waals surface area contributed by atoms with Gasteiger partial charge in [0.25, 0.3) is 0 Å². The maximum atomic E-state index is 12.0. The fourth-order valence-electron chi connectivity index (χ4n) is 3.39. The number of aliphatic hydroxyl groups is 1. The molecule has 0 spiro atoms. The van der Waals surface area contributed by atoms with Gasteiger partial charge in [-0.1, -0.05) is 82.4 Å². The lowest BCUT2D eigenvalue weighted by atomic mass is 9.97. The van der Waals surface area contributed by atoms with Crippen LogP contribution in [0.4, 0.5) is 0 Å². The molecule has 170 valence electrons. The topological polar surface area (TPSA) is 75.6 Å². The Hall–Kier alpha value is -1.88. The number of cyclic esters (lactones) is 1. The molecule has 0 radical (unpaired) electrons. The van der Waals surface area contributed by atoms with Crippen LogP contribution in [0.15, 0.2) is 36.5 Å². The highest BCUT2D eigenvalue weighted by atomic mass is 16.6. The summed E-state index contributed by atoms with van der Waals surface area (Å²) in [6, 6.07) is -0.623. The quantitative estimate of drug-likeness (QED) is 0.167. The van der Waals surface area contributed by atoms with Gasteiger partial charge in [0.1, 0.15) is 11.6 Å². The maximum absolute atomic E-state index is 12.0. The van der Waals surface area contributed by atoms with Crippen molar-refractivity contribution >= 4 is 11.9 Å². The van der Waals surface area contributed by atoms with Crippen LogP contribution in [0.25, 0.3) is 0 Å². The number of amides is 1. The molecule has 30 heavy (non-hydrogen) atoms. The first kappa shape index (κ1) is 26.2. The molecular formula is C25H41NO4. The SMILES string of the molecule is CCCCCCCC/C=C\C/C=C/C=C\[C@H](O)CC(=O)N[C@H]1C[C@](C)(CC)OC1=O. The molecule has 1 rings (SSSR count). The molecule has 1 heterocycles. The zero-order chi connectivity index (χ0) is 22.2. The van der Waals surface area contributed by atoms with Gasteiger partial charge in [0.15, 0.2) is 0 Å². The molecule has 3 atom stereocenters. The number of hydrogen-bond acceptors (Lipinski definition) is 4. The van der Waals surface area contributed by atoms with Crippen molar-refractivity contribution < 1.29 is 19.4 Å². The Morgan fingerprint density at radius 3 is 2.60 bits per heavy atom. The fourth-order valence-corrected chi connectivity index (χ4v) is 3.39. The molecule has 0 bridgehead atoms. The Morgan fingerprint density at radius 1 is 1.17 bits per heavy atom. The van der Waals surface area contributed by atoms with Gasteiger partial charge in [0.05, 0.1) is 12.5 Å². The Kier molecular flexibility index (Phi) is 13.1. The average molecular weight is 420 g/mol. The van der Waals surface area contributed by atoms with Crippen LogP contribution < -0.4 is 5.32 Å². The van der Waals surface area contributed by atoms with Crippen LogP contribution in [-0.2, 0) is 14.3 Å². The monoisotopic (exact) mass is 419 g/mol. The summed E-state index contributed by atoms with van der Waals surface area (Å²) in [6.45, 7) is 6.05. The van der Waals surface area contributed by atoms with Gasteiger partial charge in [-0.2, -0.15) is 0 Å². The second-order valence-corrected chi connectivity index (χ2v) is 8.40. The average Bonchev–Trinajstić information content (AvgIpc) is 2.99. The van der Waals surface area contributed by atoms with Crippen LogP contribution in [0.3, 0.4) is 0 Å². The zero-order valence-corrected chi connectivity index (χ0v) is 19.1. The van der Waals surface area contributed by atoms with E-state index in [0.717, 1.165) is 12.8 Å². The highest BCUT2D eigenvalue weighted by Crippen LogP contribution is 2.29. The summed E-state index contributed by atoms with van der Waals surface area (Å²) < 4.78 is 5.32. The van der Waals surface area contributed by atoms with Gasteiger partial charge in [0.2, 0.25) is 5.91 Å². The summed E-state index contributed by atoms with van der Waals surface area (Å²) in [7, 11) is 0. The number of carbonyl (C=O) groups is 2. The second kappa shape index (κ2) is 15.0. The normalized spacial score (nSPS) is 22.9. The van der Waals surface area contributed by atoms with Gasteiger partial charge >= 0.3 is 5.97 Å². The molecule has 1 amide bonds. The van der Waals surface area contributed by atoms with Crippen molar-refractivity contribution in [3.8, 4) is 0 Å². The summed E-state index contributed by atoms with van der Waals surface area (Å²) in [6.07, 6.45) is 21.7. The third kappa shape index (κ3) is 11.3. The van der Waals surface area contributed by atoms with E-state index >= 15 is 0 Å². The third-order valence-electron chi connectivity index (χ3n) is 5.49. The van der Waals surface area contributed by atoms with Gasteiger partial charge in [-0.15, -0.1) is 0 Å². The van der Waals surface area contributed by atoms with Gasteiger partial charge in [-0.05, 0) is 32.6 Å². The molecule has 0 unspecified atom stereocenters. The number of ether oxygens (including phenoxy) is 1. The van der Waals surface area contributed by atoms with E-state index in [-0.39, 0.29) is 12.3 Å². The zero-order valence-electron chi connectivity index (χ0n) is 19.1. The number of allylic oxidation sites excluding steroid dienone is 5. The first-order valence-electron chi connectivity index (χ1n) is 11.6. The number of aliphatic hydroxyl groups excluding tert-OH is 1. The van der Waals surface area contributed by atoms with E-state index in [0.29, 0.717) is 12.8 Å². The van der Waals surface area contributed by atoms with Gasteiger partial charge in [-0.3, -0.25) is 4.79 Å². The van der Waals surface area contributed by atoms with Gasteiger partial charge in [0, 0.05) is 6.42 Å². The number of unbranched alkanes of at least 4 members (excludes halogenated alkanes) is 6. The van der Waals surface area contributed by atoms with Crippen molar-refractivity contribution in [2.45, 2.75) is 109 Å². The van der Waals surface area contributed by atoms with Crippen molar-refractivity contribution in [2.75, 3.05) is 0 Å². The van der Waals surface area contributed by atoms with Crippen LogP contribution in [-0.4, -0.2) is 34.7 Å². The molecule has 0 aromatic heterocycles. The maximum Gasteiger partial charge on any atom is 0.329 e. The Morgan fingerprint density at radius 2 is 1.90 bits per heavy atom. The standard InChI is InChI=1S/C25H41NO4/c1-4-6-7-8-9-10-11-12-13-14-15-16-17-18-21(27)19-23(28)26-22-20-25(3,5-2)30-24(22)29/h12-13,15-18,21-22,27H,4-11,14,19-20H2,1-3H3,(H,26,28)/b13-12-,16-15+,18-17-/t21-,22-,25-/m0/s1. The molecule has 0 aromatic rings. The number of hydrogen-bond donors (Lipinski definition) is 2. The fraction of sp³-hybridized carbons (Fsp3) is 0.680. The molecule has 1 aliphatic rings. The van der Waals surface area contributed by atoms with E-state index < -0.39 is 23.7 Å². The van der Waals surface area contributed by atoms with Crippen LogP contribution in [0.5, 0.6) is 0 Å². The van der Waals surface area contributed by atoms with Crippen molar-refractivity contribution in [3.05, 3.63) is 36.5 Å². The van der Waals surface area contributed by atoms with E-state index in [4.69, 9.17) is 4.74 Å². The molecule has 5 heteroatoms. The van der Waals surface area contributed by atoms with Crippen LogP contribution >= 0.6 is 0 Å². The van der Waals surface area contributed by atoms with Crippen LogP contribution in [0, 0.1) is 0 Å². The first-order chi connectivity index (χ1) is 14.4. The van der Waals surface area contributed by atoms with Crippen molar-refractivity contribution in [3.63, 3.8) is 0 Å². The minimum Gasteiger partial charge on any atom is -0.458 e. The second-order valence-electron chi connectivity index (χ2n) is 8.40. The molecule has 1 fully saturated rings. The Balaban J connectivity index is 2.14. The molecule has 2 N–H and O–H groups in total. The minimum absolute atomic E-state index is 0.0743. The molecule has 1 aliphatic heterocycles. The summed E-state index contributed by atoms with van der Waals surface area (Å²) in [5, 5.41) is 12.6. The lowest BCUT2D eigenvalue weighted by molar-refractivity contribution is -0.149. The summed E-state index contributed by atoms with van der Waals surface area (Å²) in [4.78, 5) is 23.9. The van der Waals surface area contributed by atoms with Gasteiger partial charge < -0.3 is 15.2 Å². The van der Waals surface area contributed by atoms with E-state index in [1.807, 2.05) is 26.0 Å². The largest absolute Gasteiger partial charge is 0.458 e. The van der Waals surface area contributed by atoms with E-state index in [2.05, 4.69) is 24.4 Å². The molecule has 5 nitrogen and oxygen atoms in total. The number of esters is 1. The van der Waals surface area contributed by atoms with Crippen molar-refractivity contribution in [1.29, 1.82) is 0 Å². The summed E-state index contributed by atoms with van der Waals surface area (Å²) in [5.74, 6) is -0.749. The lowest BCUT2D eigenvalue weighted by Crippen LogP contribution is -2.39. The van der Waals surface area contributed by atoms with E-state index in [9.17, 15) is 14.7 Å². The molecule has 0 aliphatic carbocycles. The smallest absolute Gasteiger partial charge is 0.329 e. The predicted molar refractivity (Wildman–Crippen MR) is 122 cm³/mol. The number of carbonyl (C=O) groups excluding carboxylic acids is 2. The molecule has 0 aromatic carbocycles. The van der Waals surface area contributed by atoms with Crippen LogP contribution in [0.1, 0.15) is 91.4 Å². The molecular weight excluding hydrogens is 378 g/mol. The Bertz CT molecular complexity index is 596. The molecule has 0 saturated carbocycles. The van der Waals surface area contributed by atoms with Gasteiger partial charge in [-0.25, -0.2) is 4.79 Å². The highest BCUT2D eigenvalue weighted by molar-refractivity contribution is 5.86. The number of rotatable bonds is 15. The van der Waals surface area contributed by atoms with Crippen molar-refractivity contribution in [1.82, 2.24) is 5.32 Å².